The zero-order valence-electron chi connectivity index (χ0n) is 16.8. The first kappa shape index (κ1) is 19.1. The van der Waals surface area contributed by atoms with Crippen molar-refractivity contribution in [3.8, 4) is 0 Å². The van der Waals surface area contributed by atoms with Gasteiger partial charge in [0.05, 0.1) is 12.1 Å². The Bertz CT molecular complexity index is 1020. The maximum atomic E-state index is 10.7. The summed E-state index contributed by atoms with van der Waals surface area (Å²) in [6, 6.07) is 7.79. The van der Waals surface area contributed by atoms with Crippen molar-refractivity contribution in [3.05, 3.63) is 35.4 Å². The van der Waals surface area contributed by atoms with Crippen LogP contribution in [0.25, 0.3) is 11.0 Å². The second kappa shape index (κ2) is 8.04. The van der Waals surface area contributed by atoms with Crippen molar-refractivity contribution in [1.82, 2.24) is 19.9 Å². The fourth-order valence-electron chi connectivity index (χ4n) is 3.60. The van der Waals surface area contributed by atoms with Gasteiger partial charge in [-0.25, -0.2) is 9.97 Å². The first-order chi connectivity index (χ1) is 14.1. The average Bonchev–Trinajstić information content (AvgIpc) is 3.06. The van der Waals surface area contributed by atoms with Crippen molar-refractivity contribution in [1.29, 1.82) is 0 Å². The largest absolute Gasteiger partial charge is 0.390 e. The van der Waals surface area contributed by atoms with Gasteiger partial charge in [-0.05, 0) is 17.5 Å². The quantitative estimate of drug-likeness (QED) is 0.411. The Morgan fingerprint density at radius 3 is 2.31 bits per heavy atom. The number of hydrogen-bond donors (Lipinski definition) is 5. The molecule has 0 amide bonds. The van der Waals surface area contributed by atoms with Crippen LogP contribution in [-0.4, -0.2) is 51.8 Å². The summed E-state index contributed by atoms with van der Waals surface area (Å²) in [6.45, 7) is 2.86. The molecular formula is C20H26N8O. The Balaban J connectivity index is 1.83. The molecule has 2 aromatic heterocycles. The minimum Gasteiger partial charge on any atom is -0.390 e. The minimum atomic E-state index is -0.543. The summed E-state index contributed by atoms with van der Waals surface area (Å²) < 4.78 is 0. The summed E-state index contributed by atoms with van der Waals surface area (Å²) in [7, 11) is 3.55. The van der Waals surface area contributed by atoms with Crippen LogP contribution >= 0.6 is 0 Å². The van der Waals surface area contributed by atoms with Crippen molar-refractivity contribution >= 4 is 34.6 Å². The Morgan fingerprint density at radius 2 is 1.62 bits per heavy atom. The molecule has 0 bridgehead atoms. The molecule has 9 nitrogen and oxygen atoms in total. The van der Waals surface area contributed by atoms with E-state index in [9.17, 15) is 5.11 Å². The Kier molecular flexibility index (Phi) is 5.30. The number of nitrogens with one attached hydrogen (secondary N) is 4. The molecule has 2 heterocycles. The van der Waals surface area contributed by atoms with Gasteiger partial charge in [0.1, 0.15) is 11.0 Å². The van der Waals surface area contributed by atoms with Gasteiger partial charge in [0.25, 0.3) is 0 Å². The third-order valence-corrected chi connectivity index (χ3v) is 5.03. The lowest BCUT2D eigenvalue weighted by atomic mass is 10.1. The highest BCUT2D eigenvalue weighted by atomic mass is 16.3. The van der Waals surface area contributed by atoms with Gasteiger partial charge in [0.15, 0.2) is 11.6 Å². The summed E-state index contributed by atoms with van der Waals surface area (Å²) in [6.07, 6.45) is 1.02. The zero-order chi connectivity index (χ0) is 20.4. The molecule has 0 radical (unpaired) electrons. The smallest absolute Gasteiger partial charge is 0.225 e. The molecule has 152 valence electrons. The van der Waals surface area contributed by atoms with E-state index in [4.69, 9.17) is 0 Å². The van der Waals surface area contributed by atoms with Gasteiger partial charge in [0, 0.05) is 27.1 Å². The van der Waals surface area contributed by atoms with Crippen molar-refractivity contribution in [2.45, 2.75) is 31.9 Å². The fourth-order valence-corrected chi connectivity index (χ4v) is 3.60. The maximum absolute atomic E-state index is 10.7. The van der Waals surface area contributed by atoms with E-state index in [2.05, 4.69) is 48.1 Å². The zero-order valence-corrected chi connectivity index (χ0v) is 16.8. The Hall–Kier alpha value is -3.20. The van der Waals surface area contributed by atoms with E-state index in [1.165, 1.54) is 0 Å². The van der Waals surface area contributed by atoms with Crippen LogP contribution in [0.5, 0.6) is 0 Å². The predicted octanol–water partition coefficient (Wildman–Crippen LogP) is 2.40. The highest BCUT2D eigenvalue weighted by molar-refractivity contribution is 5.94. The van der Waals surface area contributed by atoms with Crippen LogP contribution in [0, 0.1) is 0 Å². The summed E-state index contributed by atoms with van der Waals surface area (Å²) >= 11 is 0. The lowest BCUT2D eigenvalue weighted by molar-refractivity contribution is 0.165. The number of anilines is 4. The number of rotatable bonds is 7. The van der Waals surface area contributed by atoms with Crippen molar-refractivity contribution in [2.75, 3.05) is 41.9 Å². The lowest BCUT2D eigenvalue weighted by Crippen LogP contribution is -2.22. The third kappa shape index (κ3) is 3.61. The molecule has 0 unspecified atom stereocenters. The van der Waals surface area contributed by atoms with Crippen LogP contribution in [0.15, 0.2) is 24.3 Å². The van der Waals surface area contributed by atoms with E-state index in [-0.39, 0.29) is 6.04 Å². The highest BCUT2D eigenvalue weighted by Crippen LogP contribution is 2.36. The second-order valence-corrected chi connectivity index (χ2v) is 7.01. The second-order valence-electron chi connectivity index (χ2n) is 7.01. The summed E-state index contributed by atoms with van der Waals surface area (Å²) in [4.78, 5) is 18.3. The standard InChI is InChI=1S/C20H26N8O/c1-4-9-23-17-15-16(26-19(21-2)27-17)18(28-20(22-3)25-15)24-14-12-8-6-5-7-11(12)10-13(14)29/h5-8,13-14,29H,4,9-10H2,1-3H3,(H2,21,23,26,27)(H2,22,24,25,28)/t13-,14+/m1/s1. The van der Waals surface area contributed by atoms with Gasteiger partial charge in [-0.15, -0.1) is 0 Å². The van der Waals surface area contributed by atoms with E-state index in [1.54, 1.807) is 14.1 Å². The lowest BCUT2D eigenvalue weighted by Gasteiger charge is -2.20. The fraction of sp³-hybridized carbons (Fsp3) is 0.400. The van der Waals surface area contributed by atoms with Crippen LogP contribution in [0.4, 0.5) is 23.5 Å². The summed E-state index contributed by atoms with van der Waals surface area (Å²) in [5.41, 5.74) is 3.43. The normalized spacial score (nSPS) is 17.8. The average molecular weight is 394 g/mol. The first-order valence-corrected chi connectivity index (χ1v) is 9.86. The number of aliphatic hydroxyl groups excluding tert-OH is 1. The molecule has 1 aliphatic carbocycles. The first-order valence-electron chi connectivity index (χ1n) is 9.86. The Morgan fingerprint density at radius 1 is 0.966 bits per heavy atom. The van der Waals surface area contributed by atoms with Crippen LogP contribution in [0.2, 0.25) is 0 Å². The molecule has 2 atom stereocenters. The van der Waals surface area contributed by atoms with E-state index in [0.29, 0.717) is 41.0 Å². The van der Waals surface area contributed by atoms with Gasteiger partial charge in [-0.2, -0.15) is 9.97 Å². The van der Waals surface area contributed by atoms with Gasteiger partial charge in [-0.1, -0.05) is 31.2 Å². The van der Waals surface area contributed by atoms with Gasteiger partial charge >= 0.3 is 0 Å². The molecule has 0 spiro atoms. The molecule has 0 saturated carbocycles. The third-order valence-electron chi connectivity index (χ3n) is 5.03. The monoisotopic (exact) mass is 394 g/mol. The van der Waals surface area contributed by atoms with Crippen molar-refractivity contribution < 1.29 is 5.11 Å². The topological polar surface area (TPSA) is 120 Å². The van der Waals surface area contributed by atoms with Gasteiger partial charge in [0.2, 0.25) is 11.9 Å². The molecular weight excluding hydrogens is 368 g/mol. The highest BCUT2D eigenvalue weighted by Gasteiger charge is 2.32. The minimum absolute atomic E-state index is 0.269. The van der Waals surface area contributed by atoms with Crippen LogP contribution in [-0.2, 0) is 6.42 Å². The van der Waals surface area contributed by atoms with Crippen molar-refractivity contribution in [3.63, 3.8) is 0 Å². The van der Waals surface area contributed by atoms with E-state index in [0.717, 1.165) is 24.1 Å². The molecule has 0 aliphatic heterocycles. The number of aromatic nitrogens is 4. The number of fused-ring (bicyclic) bond motifs is 2. The molecule has 29 heavy (non-hydrogen) atoms. The van der Waals surface area contributed by atoms with Crippen LogP contribution in [0.1, 0.15) is 30.5 Å². The molecule has 1 aromatic carbocycles. The Labute approximate surface area is 169 Å². The van der Waals surface area contributed by atoms with Crippen molar-refractivity contribution in [2.24, 2.45) is 0 Å². The van der Waals surface area contributed by atoms with Gasteiger partial charge < -0.3 is 26.4 Å². The number of benzene rings is 1. The molecule has 1 aliphatic rings. The maximum Gasteiger partial charge on any atom is 0.225 e. The summed E-state index contributed by atoms with van der Waals surface area (Å²) in [5.74, 6) is 2.14. The number of nitrogens with zero attached hydrogens (tertiary/aromatic N) is 4. The van der Waals surface area contributed by atoms with Crippen LogP contribution in [0.3, 0.4) is 0 Å². The van der Waals surface area contributed by atoms with Crippen LogP contribution < -0.4 is 21.3 Å². The molecule has 0 fully saturated rings. The number of hydrogen-bond acceptors (Lipinski definition) is 9. The molecule has 9 heteroatoms. The molecule has 5 N–H and O–H groups in total. The summed E-state index contributed by atoms with van der Waals surface area (Å²) in [5, 5.41) is 23.4. The van der Waals surface area contributed by atoms with E-state index < -0.39 is 6.10 Å². The molecule has 0 saturated heterocycles. The number of aliphatic hydroxyl groups is 1. The van der Waals surface area contributed by atoms with Gasteiger partial charge in [-0.3, -0.25) is 0 Å². The SMILES string of the molecule is CCCNc1nc(NC)nc2c(N[C@H]3c4ccccc4C[C@H]3O)nc(NC)nc12. The molecule has 4 rings (SSSR count). The van der Waals surface area contributed by atoms with E-state index >= 15 is 0 Å². The predicted molar refractivity (Wildman–Crippen MR) is 116 cm³/mol. The van der Waals surface area contributed by atoms with E-state index in [1.807, 2.05) is 24.3 Å². The molecule has 3 aromatic rings.